The summed E-state index contributed by atoms with van der Waals surface area (Å²) in [4.78, 5) is 15.8. The van der Waals surface area contributed by atoms with Crippen molar-refractivity contribution in [3.63, 3.8) is 0 Å². The largest absolute Gasteiger partial charge is 0.349 e. The molecule has 0 spiro atoms. The van der Waals surface area contributed by atoms with Gasteiger partial charge in [-0.05, 0) is 12.8 Å². The molecule has 1 rings (SSSR count). The molecule has 15 heavy (non-hydrogen) atoms. The smallest absolute Gasteiger partial charge is 0.233 e. The van der Waals surface area contributed by atoms with Gasteiger partial charge in [-0.1, -0.05) is 13.8 Å². The molecule has 0 bridgehead atoms. The molecule has 84 valence electrons. The highest BCUT2D eigenvalue weighted by Gasteiger charge is 2.17. The van der Waals surface area contributed by atoms with Gasteiger partial charge in [-0.25, -0.2) is 4.98 Å². The van der Waals surface area contributed by atoms with Gasteiger partial charge in [-0.2, -0.15) is 12.6 Å². The van der Waals surface area contributed by atoms with Crippen molar-refractivity contribution < 1.29 is 4.79 Å². The predicted molar refractivity (Wildman–Crippen MR) is 66.3 cm³/mol. The summed E-state index contributed by atoms with van der Waals surface area (Å²) in [6.45, 7) is 6.40. The molecule has 1 N–H and O–H groups in total. The number of aryl methyl sites for hydroxylation is 1. The van der Waals surface area contributed by atoms with E-state index in [2.05, 4.69) is 22.9 Å². The van der Waals surface area contributed by atoms with E-state index in [4.69, 9.17) is 0 Å². The maximum Gasteiger partial charge on any atom is 0.233 e. The normalized spacial score (nSPS) is 12.9. The number of aromatic nitrogens is 1. The van der Waals surface area contributed by atoms with Crippen LogP contribution in [0.1, 0.15) is 24.5 Å². The van der Waals surface area contributed by atoms with Gasteiger partial charge in [0.1, 0.15) is 5.01 Å². The van der Waals surface area contributed by atoms with Crippen LogP contribution in [0.4, 0.5) is 0 Å². The second kappa shape index (κ2) is 5.51. The first kappa shape index (κ1) is 12.5. The number of carbonyl (C=O) groups is 1. The van der Waals surface area contributed by atoms with E-state index < -0.39 is 0 Å². The molecule has 1 heterocycles. The van der Waals surface area contributed by atoms with Gasteiger partial charge in [0.05, 0.1) is 11.8 Å². The SMILES string of the molecule is Cc1csc(CNC(=O)C(S)C(C)C)n1. The molecule has 0 saturated heterocycles. The van der Waals surface area contributed by atoms with Gasteiger partial charge in [-0.3, -0.25) is 4.79 Å². The zero-order chi connectivity index (χ0) is 11.4. The van der Waals surface area contributed by atoms with E-state index in [0.29, 0.717) is 6.54 Å². The molecular weight excluding hydrogens is 228 g/mol. The van der Waals surface area contributed by atoms with Crippen LogP contribution >= 0.6 is 24.0 Å². The minimum absolute atomic E-state index is 0.0267. The lowest BCUT2D eigenvalue weighted by Crippen LogP contribution is -2.33. The maximum absolute atomic E-state index is 11.6. The topological polar surface area (TPSA) is 42.0 Å². The van der Waals surface area contributed by atoms with Crippen molar-refractivity contribution in [3.05, 3.63) is 16.1 Å². The Labute approximate surface area is 99.7 Å². The van der Waals surface area contributed by atoms with Crippen LogP contribution in [0.3, 0.4) is 0 Å². The molecule has 0 fully saturated rings. The molecular formula is C10H16N2OS2. The molecule has 5 heteroatoms. The summed E-state index contributed by atoms with van der Waals surface area (Å²) in [5, 5.41) is 5.49. The number of hydrogen-bond acceptors (Lipinski definition) is 4. The Morgan fingerprint density at radius 2 is 2.33 bits per heavy atom. The Bertz CT molecular complexity index is 336. The molecule has 0 saturated carbocycles. The van der Waals surface area contributed by atoms with Crippen LogP contribution < -0.4 is 5.32 Å². The first-order valence-electron chi connectivity index (χ1n) is 4.87. The van der Waals surface area contributed by atoms with Crippen LogP contribution in [-0.4, -0.2) is 16.1 Å². The summed E-state index contributed by atoms with van der Waals surface area (Å²) in [5.41, 5.74) is 0.996. The van der Waals surface area contributed by atoms with E-state index in [1.54, 1.807) is 11.3 Å². The van der Waals surface area contributed by atoms with E-state index in [1.165, 1.54) is 0 Å². The molecule has 3 nitrogen and oxygen atoms in total. The summed E-state index contributed by atoms with van der Waals surface area (Å²) >= 11 is 5.80. The van der Waals surface area contributed by atoms with E-state index in [-0.39, 0.29) is 17.1 Å². The summed E-state index contributed by atoms with van der Waals surface area (Å²) in [7, 11) is 0. The van der Waals surface area contributed by atoms with Crippen LogP contribution in [0.15, 0.2) is 5.38 Å². The first-order chi connectivity index (χ1) is 7.00. The number of thiazole rings is 1. The second-order valence-corrected chi connectivity index (χ2v) is 5.29. The van der Waals surface area contributed by atoms with E-state index >= 15 is 0 Å². The molecule has 1 amide bonds. The van der Waals surface area contributed by atoms with E-state index in [1.807, 2.05) is 26.2 Å². The Balaban J connectivity index is 2.40. The fraction of sp³-hybridized carbons (Fsp3) is 0.600. The molecule has 1 atom stereocenters. The highest BCUT2D eigenvalue weighted by molar-refractivity contribution is 7.81. The van der Waals surface area contributed by atoms with Crippen LogP contribution in [-0.2, 0) is 11.3 Å². The Kier molecular flexibility index (Phi) is 4.60. The lowest BCUT2D eigenvalue weighted by atomic mass is 10.1. The van der Waals surface area contributed by atoms with E-state index in [0.717, 1.165) is 10.7 Å². The summed E-state index contributed by atoms with van der Waals surface area (Å²) in [6, 6.07) is 0. The van der Waals surface area contributed by atoms with Crippen LogP contribution in [0, 0.1) is 12.8 Å². The zero-order valence-corrected chi connectivity index (χ0v) is 10.9. The van der Waals surface area contributed by atoms with Crippen molar-refractivity contribution >= 4 is 29.9 Å². The standard InChI is InChI=1S/C10H16N2OS2/c1-6(2)9(14)10(13)11-4-8-12-7(3)5-15-8/h5-6,9,14H,4H2,1-3H3,(H,11,13). The molecule has 0 aliphatic rings. The minimum atomic E-state index is -0.244. The zero-order valence-electron chi connectivity index (χ0n) is 9.15. The van der Waals surface area contributed by atoms with Crippen LogP contribution in [0.25, 0.3) is 0 Å². The Morgan fingerprint density at radius 1 is 1.67 bits per heavy atom. The van der Waals surface area contributed by atoms with Crippen molar-refractivity contribution in [3.8, 4) is 0 Å². The van der Waals surface area contributed by atoms with Crippen molar-refractivity contribution in [1.29, 1.82) is 0 Å². The van der Waals surface area contributed by atoms with Crippen molar-refractivity contribution in [2.45, 2.75) is 32.6 Å². The third-order valence-electron chi connectivity index (χ3n) is 1.98. The second-order valence-electron chi connectivity index (χ2n) is 3.79. The number of carbonyl (C=O) groups excluding carboxylic acids is 1. The first-order valence-corrected chi connectivity index (χ1v) is 6.27. The summed E-state index contributed by atoms with van der Waals surface area (Å²) < 4.78 is 0. The maximum atomic E-state index is 11.6. The lowest BCUT2D eigenvalue weighted by Gasteiger charge is -2.13. The number of rotatable bonds is 4. The quantitative estimate of drug-likeness (QED) is 0.796. The summed E-state index contributed by atoms with van der Waals surface area (Å²) in [5.74, 6) is 0.215. The third kappa shape index (κ3) is 3.83. The number of nitrogens with one attached hydrogen (secondary N) is 1. The molecule has 0 aliphatic carbocycles. The molecule has 1 unspecified atom stereocenters. The molecule has 1 aromatic heterocycles. The lowest BCUT2D eigenvalue weighted by molar-refractivity contribution is -0.121. The molecule has 1 aromatic rings. The molecule has 0 aliphatic heterocycles. The predicted octanol–water partition coefficient (Wildman–Crippen LogP) is 2.02. The number of amides is 1. The number of hydrogen-bond donors (Lipinski definition) is 2. The van der Waals surface area contributed by atoms with Gasteiger partial charge in [-0.15, -0.1) is 11.3 Å². The number of thiol groups is 1. The highest BCUT2D eigenvalue weighted by Crippen LogP contribution is 2.11. The van der Waals surface area contributed by atoms with Crippen molar-refractivity contribution in [1.82, 2.24) is 10.3 Å². The minimum Gasteiger partial charge on any atom is -0.349 e. The van der Waals surface area contributed by atoms with Crippen LogP contribution in [0.5, 0.6) is 0 Å². The van der Waals surface area contributed by atoms with Crippen molar-refractivity contribution in [2.24, 2.45) is 5.92 Å². The average molecular weight is 244 g/mol. The molecule has 0 aromatic carbocycles. The number of nitrogens with zero attached hydrogens (tertiary/aromatic N) is 1. The Morgan fingerprint density at radius 3 is 2.80 bits per heavy atom. The fourth-order valence-electron chi connectivity index (χ4n) is 1.05. The van der Waals surface area contributed by atoms with Crippen molar-refractivity contribution in [2.75, 3.05) is 0 Å². The van der Waals surface area contributed by atoms with Gasteiger partial charge < -0.3 is 5.32 Å². The third-order valence-corrected chi connectivity index (χ3v) is 3.78. The van der Waals surface area contributed by atoms with Gasteiger partial charge in [0.2, 0.25) is 5.91 Å². The van der Waals surface area contributed by atoms with Gasteiger partial charge in [0.15, 0.2) is 0 Å². The summed E-state index contributed by atoms with van der Waals surface area (Å²) in [6.07, 6.45) is 0. The van der Waals surface area contributed by atoms with Gasteiger partial charge in [0, 0.05) is 11.1 Å². The van der Waals surface area contributed by atoms with Gasteiger partial charge in [0.25, 0.3) is 0 Å². The van der Waals surface area contributed by atoms with E-state index in [9.17, 15) is 4.79 Å². The average Bonchev–Trinajstić information content (AvgIpc) is 2.59. The van der Waals surface area contributed by atoms with Gasteiger partial charge >= 0.3 is 0 Å². The monoisotopic (exact) mass is 244 g/mol. The fourth-order valence-corrected chi connectivity index (χ4v) is 1.86. The highest BCUT2D eigenvalue weighted by atomic mass is 32.1. The molecule has 0 radical (unpaired) electrons. The Hall–Kier alpha value is -0.550. The van der Waals surface area contributed by atoms with Crippen LogP contribution in [0.2, 0.25) is 0 Å².